The molecule has 6 heteroatoms. The van der Waals surface area contributed by atoms with Gasteiger partial charge >= 0.3 is 5.97 Å². The smallest absolute Gasteiger partial charge is 0.337 e. The summed E-state index contributed by atoms with van der Waals surface area (Å²) in [5, 5.41) is 4.18. The normalized spacial score (nSPS) is 11.9. The lowest BCUT2D eigenvalue weighted by Crippen LogP contribution is -2.30. The van der Waals surface area contributed by atoms with Gasteiger partial charge in [0.05, 0.1) is 19.8 Å². The number of fused-ring (bicyclic) bond motifs is 1. The highest BCUT2D eigenvalue weighted by atomic mass is 16.5. The van der Waals surface area contributed by atoms with Crippen LogP contribution < -0.4 is 10.1 Å². The summed E-state index contributed by atoms with van der Waals surface area (Å²) < 4.78 is 12.7. The van der Waals surface area contributed by atoms with Gasteiger partial charge in [0, 0.05) is 42.5 Å². The lowest BCUT2D eigenvalue weighted by molar-refractivity contribution is -0.124. The first-order chi connectivity index (χ1) is 16.4. The fraction of sp³-hybridized carbons (Fsp3) is 0.429. The second-order valence-corrected chi connectivity index (χ2v) is 8.79. The fourth-order valence-corrected chi connectivity index (χ4v) is 4.32. The van der Waals surface area contributed by atoms with Crippen LogP contribution >= 0.6 is 0 Å². The van der Waals surface area contributed by atoms with E-state index in [1.807, 2.05) is 13.0 Å². The molecule has 0 radical (unpaired) electrons. The second kappa shape index (κ2) is 11.7. The number of carbonyl (C=O) groups excluding carboxylic acids is 2. The van der Waals surface area contributed by atoms with E-state index in [2.05, 4.69) is 48.1 Å². The molecule has 1 atom stereocenters. The van der Waals surface area contributed by atoms with E-state index in [9.17, 15) is 9.59 Å². The molecule has 6 nitrogen and oxygen atoms in total. The number of hydrogen-bond acceptors (Lipinski definition) is 4. The maximum absolute atomic E-state index is 12.4. The zero-order chi connectivity index (χ0) is 24.7. The molecule has 1 N–H and O–H groups in total. The monoisotopic (exact) mass is 464 g/mol. The van der Waals surface area contributed by atoms with Crippen LogP contribution in [0.2, 0.25) is 0 Å². The summed E-state index contributed by atoms with van der Waals surface area (Å²) in [5.41, 5.74) is 5.00. The zero-order valence-electron chi connectivity index (χ0n) is 20.9. The average Bonchev–Trinajstić information content (AvgIpc) is 3.18. The van der Waals surface area contributed by atoms with Gasteiger partial charge in [0.25, 0.3) is 0 Å². The van der Waals surface area contributed by atoms with Gasteiger partial charge in [-0.15, -0.1) is 0 Å². The molecule has 182 valence electrons. The van der Waals surface area contributed by atoms with E-state index in [-0.39, 0.29) is 17.8 Å². The van der Waals surface area contributed by atoms with Crippen LogP contribution in [0.5, 0.6) is 5.75 Å². The SMILES string of the molecule is CCCNC(=O)C(C)Cc1ccc2c(c1)c(Cc1ccc(C(=O)OC)cc1OC)cn2CCC. The Hall–Kier alpha value is -3.28. The van der Waals surface area contributed by atoms with Crippen LogP contribution in [-0.4, -0.2) is 37.2 Å². The molecule has 1 heterocycles. The van der Waals surface area contributed by atoms with Gasteiger partial charge in [-0.05, 0) is 60.2 Å². The van der Waals surface area contributed by atoms with Crippen LogP contribution in [0.3, 0.4) is 0 Å². The zero-order valence-corrected chi connectivity index (χ0v) is 20.9. The van der Waals surface area contributed by atoms with Crippen molar-refractivity contribution in [1.29, 1.82) is 0 Å². The number of aromatic nitrogens is 1. The summed E-state index contributed by atoms with van der Waals surface area (Å²) in [4.78, 5) is 24.3. The summed E-state index contributed by atoms with van der Waals surface area (Å²) >= 11 is 0. The van der Waals surface area contributed by atoms with Crippen LogP contribution in [0.4, 0.5) is 0 Å². The van der Waals surface area contributed by atoms with Crippen LogP contribution in [0.25, 0.3) is 10.9 Å². The largest absolute Gasteiger partial charge is 0.496 e. The highest BCUT2D eigenvalue weighted by molar-refractivity contribution is 5.90. The first-order valence-electron chi connectivity index (χ1n) is 12.0. The Balaban J connectivity index is 1.94. The van der Waals surface area contributed by atoms with Crippen LogP contribution in [0.15, 0.2) is 42.6 Å². The minimum atomic E-state index is -0.383. The number of carbonyl (C=O) groups is 2. The summed E-state index contributed by atoms with van der Waals surface area (Å²) in [6, 6.07) is 11.9. The van der Waals surface area contributed by atoms with Crippen molar-refractivity contribution in [2.24, 2.45) is 5.92 Å². The maximum atomic E-state index is 12.4. The van der Waals surface area contributed by atoms with Crippen molar-refractivity contribution in [2.45, 2.75) is 53.0 Å². The van der Waals surface area contributed by atoms with Gasteiger partial charge in [-0.3, -0.25) is 4.79 Å². The molecule has 0 saturated carbocycles. The molecule has 0 saturated heterocycles. The van der Waals surface area contributed by atoms with Gasteiger partial charge in [-0.2, -0.15) is 0 Å². The van der Waals surface area contributed by atoms with Gasteiger partial charge in [0.2, 0.25) is 5.91 Å². The third kappa shape index (κ3) is 5.79. The van der Waals surface area contributed by atoms with E-state index in [1.54, 1.807) is 19.2 Å². The Kier molecular flexibility index (Phi) is 8.74. The van der Waals surface area contributed by atoms with E-state index in [0.717, 1.165) is 30.5 Å². The molecule has 34 heavy (non-hydrogen) atoms. The van der Waals surface area contributed by atoms with E-state index >= 15 is 0 Å². The number of nitrogens with one attached hydrogen (secondary N) is 1. The Morgan fingerprint density at radius 1 is 1.03 bits per heavy atom. The van der Waals surface area contributed by atoms with Crippen molar-refractivity contribution >= 4 is 22.8 Å². The van der Waals surface area contributed by atoms with Crippen molar-refractivity contribution in [3.8, 4) is 5.75 Å². The molecule has 1 amide bonds. The van der Waals surface area contributed by atoms with Gasteiger partial charge in [-0.25, -0.2) is 4.79 Å². The molecule has 0 fully saturated rings. The van der Waals surface area contributed by atoms with Gasteiger partial charge in [0.1, 0.15) is 5.75 Å². The highest BCUT2D eigenvalue weighted by Crippen LogP contribution is 2.30. The van der Waals surface area contributed by atoms with Crippen molar-refractivity contribution in [3.05, 3.63) is 64.8 Å². The average molecular weight is 465 g/mol. The fourth-order valence-electron chi connectivity index (χ4n) is 4.32. The lowest BCUT2D eigenvalue weighted by atomic mass is 9.97. The Morgan fingerprint density at radius 3 is 2.50 bits per heavy atom. The predicted octanol–water partition coefficient (Wildman–Crippen LogP) is 5.14. The van der Waals surface area contributed by atoms with Gasteiger partial charge in [0.15, 0.2) is 0 Å². The number of rotatable bonds is 11. The predicted molar refractivity (Wildman–Crippen MR) is 136 cm³/mol. The minimum Gasteiger partial charge on any atom is -0.496 e. The third-order valence-corrected chi connectivity index (χ3v) is 6.12. The Morgan fingerprint density at radius 2 is 1.82 bits per heavy atom. The third-order valence-electron chi connectivity index (χ3n) is 6.12. The number of esters is 1. The first-order valence-corrected chi connectivity index (χ1v) is 12.0. The molecular weight excluding hydrogens is 428 g/mol. The molecule has 0 aliphatic carbocycles. The number of amides is 1. The molecule has 0 bridgehead atoms. The maximum Gasteiger partial charge on any atom is 0.337 e. The Bertz CT molecular complexity index is 1150. The van der Waals surface area contributed by atoms with E-state index in [4.69, 9.17) is 9.47 Å². The first kappa shape index (κ1) is 25.3. The summed E-state index contributed by atoms with van der Waals surface area (Å²) in [6.07, 6.45) is 5.55. The van der Waals surface area contributed by atoms with E-state index in [0.29, 0.717) is 30.7 Å². The van der Waals surface area contributed by atoms with E-state index < -0.39 is 0 Å². The topological polar surface area (TPSA) is 69.6 Å². The molecule has 0 aliphatic heterocycles. The molecular formula is C28H36N2O4. The summed E-state index contributed by atoms with van der Waals surface area (Å²) in [5.74, 6) is 0.292. The number of methoxy groups -OCH3 is 2. The quantitative estimate of drug-likeness (QED) is 0.399. The lowest BCUT2D eigenvalue weighted by Gasteiger charge is -2.13. The molecule has 1 aromatic heterocycles. The molecule has 0 aliphatic rings. The van der Waals surface area contributed by atoms with Crippen LogP contribution in [0, 0.1) is 5.92 Å². The number of aryl methyl sites for hydroxylation is 1. The number of hydrogen-bond donors (Lipinski definition) is 1. The molecule has 0 spiro atoms. The van der Waals surface area contributed by atoms with Crippen molar-refractivity contribution in [3.63, 3.8) is 0 Å². The number of nitrogens with zero attached hydrogens (tertiary/aromatic N) is 1. The molecule has 3 aromatic rings. The molecule has 2 aromatic carbocycles. The molecule has 3 rings (SSSR count). The van der Waals surface area contributed by atoms with Crippen molar-refractivity contribution < 1.29 is 19.1 Å². The van der Waals surface area contributed by atoms with Crippen molar-refractivity contribution in [1.82, 2.24) is 9.88 Å². The summed E-state index contributed by atoms with van der Waals surface area (Å²) in [6.45, 7) is 7.85. The van der Waals surface area contributed by atoms with Crippen molar-refractivity contribution in [2.75, 3.05) is 20.8 Å². The van der Waals surface area contributed by atoms with Crippen LogP contribution in [-0.2, 0) is 28.9 Å². The number of benzene rings is 2. The Labute approximate surface area is 202 Å². The number of ether oxygens (including phenoxy) is 2. The summed E-state index contributed by atoms with van der Waals surface area (Å²) in [7, 11) is 2.99. The minimum absolute atomic E-state index is 0.0869. The van der Waals surface area contributed by atoms with Crippen LogP contribution in [0.1, 0.15) is 60.7 Å². The van der Waals surface area contributed by atoms with E-state index in [1.165, 1.54) is 23.6 Å². The highest BCUT2D eigenvalue weighted by Gasteiger charge is 2.17. The second-order valence-electron chi connectivity index (χ2n) is 8.79. The molecule has 1 unspecified atom stereocenters. The van der Waals surface area contributed by atoms with Gasteiger partial charge in [-0.1, -0.05) is 32.9 Å². The van der Waals surface area contributed by atoms with Gasteiger partial charge < -0.3 is 19.4 Å². The standard InChI is InChI=1S/C28H36N2O4/c1-6-12-29-27(31)19(3)14-20-8-11-25-24(15-20)23(18-30(25)13-7-2)16-21-9-10-22(28(32)34-5)17-26(21)33-4/h8-11,15,17-19H,6-7,12-14,16H2,1-5H3,(H,29,31).